The second kappa shape index (κ2) is 19.1. The number of aromatic nitrogens is 3. The fourth-order valence-electron chi connectivity index (χ4n) is 7.55. The van der Waals surface area contributed by atoms with Gasteiger partial charge in [0.25, 0.3) is 0 Å². The van der Waals surface area contributed by atoms with Gasteiger partial charge in [0, 0.05) is 55.8 Å². The number of hydrogen-bond donors (Lipinski definition) is 1. The number of aliphatic carboxylic acids is 1. The first kappa shape index (κ1) is 42.6. The summed E-state index contributed by atoms with van der Waals surface area (Å²) in [6.07, 6.45) is 13.8. The molecule has 12 nitrogen and oxygen atoms in total. The number of nitrogens with zero attached hydrogens (tertiary/aromatic N) is 6. The third-order valence-corrected chi connectivity index (χ3v) is 12.3. The molecule has 1 aliphatic carbocycles. The Morgan fingerprint density at radius 2 is 1.88 bits per heavy atom. The summed E-state index contributed by atoms with van der Waals surface area (Å²) in [4.78, 5) is 35.9. The number of halogens is 3. The first-order valence-corrected chi connectivity index (χ1v) is 19.8. The number of nitriles is 1. The molecule has 1 unspecified atom stereocenters. The van der Waals surface area contributed by atoms with Crippen LogP contribution in [-0.2, 0) is 35.8 Å². The monoisotopic (exact) mass is 818 g/mol. The molecule has 0 radical (unpaired) electrons. The number of allylic oxidation sites excluding steroid dienone is 4. The fraction of sp³-hybridized carbons (Fsp3) is 0.405. The van der Waals surface area contributed by atoms with Crippen LogP contribution >= 0.6 is 11.8 Å². The zero-order chi connectivity index (χ0) is 41.3. The van der Waals surface area contributed by atoms with E-state index in [1.807, 2.05) is 24.9 Å². The van der Waals surface area contributed by atoms with Crippen LogP contribution in [0.1, 0.15) is 30.0 Å². The van der Waals surface area contributed by atoms with E-state index in [9.17, 15) is 23.5 Å². The molecule has 0 spiro atoms. The summed E-state index contributed by atoms with van der Waals surface area (Å²) >= 11 is 1.16. The number of thioether (sulfide) groups is 1. The molecule has 6 rings (SSSR count). The van der Waals surface area contributed by atoms with Crippen molar-refractivity contribution in [3.8, 4) is 6.07 Å². The molecule has 0 saturated carbocycles. The molecule has 2 aliphatic heterocycles. The van der Waals surface area contributed by atoms with Crippen molar-refractivity contribution in [2.75, 3.05) is 59.6 Å². The highest BCUT2D eigenvalue weighted by molar-refractivity contribution is 8.01. The molecule has 16 heteroatoms. The SMILES string of the molecule is CCC(Cn1cncn1)C1=CC=C[C@](C(=O)O)(c2ccc(F)cc2F)[C@]1(COC(=O)CN1CCN(C)CC1)S[C@H]1CO[C@H](C=CC=Cc2ccc(C#N)cc2F)OC1. The van der Waals surface area contributed by atoms with E-state index >= 15 is 4.39 Å². The van der Waals surface area contributed by atoms with Gasteiger partial charge in [-0.3, -0.25) is 19.2 Å². The lowest BCUT2D eigenvalue weighted by Gasteiger charge is -2.52. The molecular weight excluding hydrogens is 774 g/mol. The highest BCUT2D eigenvalue weighted by Gasteiger charge is 2.63. The van der Waals surface area contributed by atoms with Gasteiger partial charge in [-0.05, 0) is 43.3 Å². The number of rotatable bonds is 15. The van der Waals surface area contributed by atoms with E-state index < -0.39 is 63.6 Å². The zero-order valence-electron chi connectivity index (χ0n) is 32.2. The van der Waals surface area contributed by atoms with Gasteiger partial charge in [0.1, 0.15) is 42.1 Å². The topological polar surface area (TPSA) is 143 Å². The predicted molar refractivity (Wildman–Crippen MR) is 211 cm³/mol. The molecule has 3 heterocycles. The molecule has 306 valence electrons. The number of likely N-dealkylation sites (N-methyl/N-ethyl adjacent to an activating group) is 1. The molecule has 3 aliphatic rings. The minimum Gasteiger partial charge on any atom is -0.480 e. The second-order valence-corrected chi connectivity index (χ2v) is 16.0. The normalized spacial score (nSPS) is 24.8. The smallest absolute Gasteiger partial charge is 0.320 e. The summed E-state index contributed by atoms with van der Waals surface area (Å²) < 4.78 is 63.2. The third-order valence-electron chi connectivity index (χ3n) is 10.7. The highest BCUT2D eigenvalue weighted by Crippen LogP contribution is 2.57. The molecule has 0 amide bonds. The number of carboxylic acids is 1. The number of hydrogen-bond acceptors (Lipinski definition) is 11. The van der Waals surface area contributed by atoms with Gasteiger partial charge in [0.15, 0.2) is 6.29 Å². The van der Waals surface area contributed by atoms with Gasteiger partial charge in [0.2, 0.25) is 0 Å². The van der Waals surface area contributed by atoms with Crippen LogP contribution in [0.3, 0.4) is 0 Å². The Morgan fingerprint density at radius 3 is 2.53 bits per heavy atom. The number of carbonyl (C=O) groups is 2. The van der Waals surface area contributed by atoms with Gasteiger partial charge >= 0.3 is 11.9 Å². The van der Waals surface area contributed by atoms with Crippen molar-refractivity contribution in [3.05, 3.63) is 125 Å². The average molecular weight is 819 g/mol. The van der Waals surface area contributed by atoms with Gasteiger partial charge in [-0.15, -0.1) is 11.8 Å². The van der Waals surface area contributed by atoms with E-state index in [-0.39, 0.29) is 37.4 Å². The van der Waals surface area contributed by atoms with Crippen molar-refractivity contribution >= 4 is 29.8 Å². The van der Waals surface area contributed by atoms with Crippen LogP contribution in [0.5, 0.6) is 0 Å². The lowest BCUT2D eigenvalue weighted by Crippen LogP contribution is -2.61. The van der Waals surface area contributed by atoms with Crippen LogP contribution < -0.4 is 0 Å². The highest BCUT2D eigenvalue weighted by atomic mass is 32.2. The van der Waals surface area contributed by atoms with Gasteiger partial charge in [-0.1, -0.05) is 55.5 Å². The minimum atomic E-state index is -2.22. The largest absolute Gasteiger partial charge is 0.480 e. The summed E-state index contributed by atoms with van der Waals surface area (Å²) in [5.74, 6) is -4.90. The Hall–Kier alpha value is -5.05. The van der Waals surface area contributed by atoms with Gasteiger partial charge in [-0.25, -0.2) is 18.2 Å². The Morgan fingerprint density at radius 1 is 1.10 bits per heavy atom. The summed E-state index contributed by atoms with van der Waals surface area (Å²) in [6, 6.07) is 8.88. The molecule has 2 saturated heterocycles. The summed E-state index contributed by atoms with van der Waals surface area (Å²) in [5, 5.41) is 24.1. The number of ether oxygens (including phenoxy) is 3. The van der Waals surface area contributed by atoms with Gasteiger partial charge in [0.05, 0.1) is 41.4 Å². The lowest BCUT2D eigenvalue weighted by atomic mass is 9.62. The Balaban J connectivity index is 1.34. The van der Waals surface area contributed by atoms with Crippen LogP contribution in [-0.4, -0.2) is 117 Å². The first-order chi connectivity index (χ1) is 28.0. The van der Waals surface area contributed by atoms with Crippen molar-refractivity contribution < 1.29 is 42.1 Å². The van der Waals surface area contributed by atoms with Crippen LogP contribution in [0.25, 0.3) is 6.08 Å². The van der Waals surface area contributed by atoms with E-state index in [1.165, 1.54) is 30.6 Å². The molecule has 2 aromatic carbocycles. The van der Waals surface area contributed by atoms with E-state index in [0.717, 1.165) is 43.1 Å². The Bertz CT molecular complexity index is 2090. The number of esters is 1. The summed E-state index contributed by atoms with van der Waals surface area (Å²) in [5.41, 5.74) is -1.46. The van der Waals surface area contributed by atoms with Gasteiger partial charge < -0.3 is 24.2 Å². The van der Waals surface area contributed by atoms with E-state index in [0.29, 0.717) is 36.7 Å². The third kappa shape index (κ3) is 9.46. The van der Waals surface area contributed by atoms with Crippen LogP contribution in [0, 0.1) is 34.7 Å². The predicted octanol–water partition coefficient (Wildman–Crippen LogP) is 5.39. The molecular formula is C42H45F3N6O6S. The zero-order valence-corrected chi connectivity index (χ0v) is 33.0. The molecule has 3 atom stereocenters. The molecule has 0 bridgehead atoms. The van der Waals surface area contributed by atoms with E-state index in [2.05, 4.69) is 15.0 Å². The van der Waals surface area contributed by atoms with Crippen molar-refractivity contribution in [2.45, 2.75) is 41.6 Å². The number of carbonyl (C=O) groups excluding carboxylic acids is 1. The minimum absolute atomic E-state index is 0.0272. The van der Waals surface area contributed by atoms with E-state index in [1.54, 1.807) is 41.4 Å². The lowest BCUT2D eigenvalue weighted by molar-refractivity contribution is -0.151. The summed E-state index contributed by atoms with van der Waals surface area (Å²) in [7, 11) is 2.00. The molecule has 3 aromatic rings. The molecule has 1 aromatic heterocycles. The van der Waals surface area contributed by atoms with Crippen molar-refractivity contribution in [1.29, 1.82) is 5.26 Å². The average Bonchev–Trinajstić information content (AvgIpc) is 3.73. The van der Waals surface area contributed by atoms with Gasteiger partial charge in [-0.2, -0.15) is 10.4 Å². The number of carboxylic acid groups (broad SMARTS) is 1. The molecule has 58 heavy (non-hydrogen) atoms. The molecule has 1 N–H and O–H groups in total. The van der Waals surface area contributed by atoms with Crippen LogP contribution in [0.2, 0.25) is 0 Å². The maximum Gasteiger partial charge on any atom is 0.320 e. The quantitative estimate of drug-likeness (QED) is 0.155. The second-order valence-electron chi connectivity index (χ2n) is 14.4. The van der Waals surface area contributed by atoms with Crippen LogP contribution in [0.15, 0.2) is 91.1 Å². The first-order valence-electron chi connectivity index (χ1n) is 18.9. The summed E-state index contributed by atoms with van der Waals surface area (Å²) in [6.45, 7) is 4.64. The number of benzene rings is 2. The number of piperazine rings is 1. The van der Waals surface area contributed by atoms with Crippen molar-refractivity contribution in [1.82, 2.24) is 24.6 Å². The standard InChI is InChI=1S/C42H45F3N6O6S/c1-3-30(22-51-28-47-27-48-51)34-8-6-14-41(40(53)54,35-13-12-32(43)20-37(35)45)42(34,26-57-38(52)23-50-17-15-49(2)16-18-50)58-33-24-55-39(56-25-33)9-5-4-7-31-11-10-29(21-46)19-36(31)44/h4-14,19-20,27-28,30,33,39H,3,15-18,22-26H2,1-2H3,(H,53,54)/t30?,33-,39-,41-,42-/m1/s1. The van der Waals surface area contributed by atoms with Crippen LogP contribution in [0.4, 0.5) is 13.2 Å². The van der Waals surface area contributed by atoms with Crippen molar-refractivity contribution in [3.63, 3.8) is 0 Å². The maximum absolute atomic E-state index is 16.2. The fourth-order valence-corrected chi connectivity index (χ4v) is 9.36. The maximum atomic E-state index is 16.2. The molecule has 2 fully saturated rings. The van der Waals surface area contributed by atoms with Crippen molar-refractivity contribution in [2.24, 2.45) is 5.92 Å². The Labute approximate surface area is 339 Å². The Kier molecular flexibility index (Phi) is 14.0. The van der Waals surface area contributed by atoms with E-state index in [4.69, 9.17) is 19.5 Å².